The zero-order valence-corrected chi connectivity index (χ0v) is 18.1. The first-order valence-corrected chi connectivity index (χ1v) is 10.6. The Labute approximate surface area is 190 Å². The molecular formula is C25H20Cl2N2O2. The van der Waals surface area contributed by atoms with Crippen LogP contribution in [0.1, 0.15) is 29.2 Å². The normalized spacial score (nSPS) is 11.9. The summed E-state index contributed by atoms with van der Waals surface area (Å²) in [6.07, 6.45) is 2.49. The minimum Gasteiger partial charge on any atom is -0.505 e. The molecule has 156 valence electrons. The maximum absolute atomic E-state index is 12.9. The van der Waals surface area contributed by atoms with Crippen LogP contribution in [0.2, 0.25) is 10.0 Å². The first kappa shape index (κ1) is 21.2. The third kappa shape index (κ3) is 4.66. The van der Waals surface area contributed by atoms with Gasteiger partial charge in [-0.15, -0.1) is 0 Å². The van der Waals surface area contributed by atoms with E-state index in [1.807, 2.05) is 48.5 Å². The standard InChI is InChI=1S/C25H20Cl2N2O2/c26-20-11-5-4-9-17(20)23(29-22(30)13-12-16-7-2-1-3-8-16)19-15-21(27)18-10-6-14-28-24(18)25(19)31/h1-11,14-15,23,31H,12-13H2,(H,29,30). The molecule has 6 heteroatoms. The Morgan fingerprint density at radius 2 is 1.68 bits per heavy atom. The lowest BCUT2D eigenvalue weighted by atomic mass is 9.95. The summed E-state index contributed by atoms with van der Waals surface area (Å²) in [5, 5.41) is 15.6. The molecule has 1 amide bonds. The van der Waals surface area contributed by atoms with Gasteiger partial charge in [0.15, 0.2) is 0 Å². The van der Waals surface area contributed by atoms with Crippen molar-refractivity contribution in [3.8, 4) is 5.75 Å². The van der Waals surface area contributed by atoms with E-state index < -0.39 is 6.04 Å². The van der Waals surface area contributed by atoms with Gasteiger partial charge in [0.05, 0.1) is 11.1 Å². The Hall–Kier alpha value is -3.08. The summed E-state index contributed by atoms with van der Waals surface area (Å²) in [6, 6.07) is 21.5. The summed E-state index contributed by atoms with van der Waals surface area (Å²) in [5.74, 6) is -0.196. The van der Waals surface area contributed by atoms with Crippen LogP contribution in [0.3, 0.4) is 0 Å². The topological polar surface area (TPSA) is 62.2 Å². The molecule has 0 aliphatic heterocycles. The maximum Gasteiger partial charge on any atom is 0.221 e. The van der Waals surface area contributed by atoms with E-state index in [4.69, 9.17) is 23.2 Å². The lowest BCUT2D eigenvalue weighted by molar-refractivity contribution is -0.121. The highest BCUT2D eigenvalue weighted by molar-refractivity contribution is 6.35. The Morgan fingerprint density at radius 1 is 0.935 bits per heavy atom. The number of benzene rings is 3. The number of hydrogen-bond acceptors (Lipinski definition) is 3. The van der Waals surface area contributed by atoms with Crippen LogP contribution in [0, 0.1) is 0 Å². The number of aryl methyl sites for hydroxylation is 1. The molecule has 2 N–H and O–H groups in total. The first-order chi connectivity index (χ1) is 15.0. The molecule has 0 aliphatic carbocycles. The van der Waals surface area contributed by atoms with Gasteiger partial charge in [-0.3, -0.25) is 9.78 Å². The number of nitrogens with zero attached hydrogens (tertiary/aromatic N) is 1. The third-order valence-electron chi connectivity index (χ3n) is 5.16. The van der Waals surface area contributed by atoms with Crippen molar-refractivity contribution in [3.63, 3.8) is 0 Å². The molecular weight excluding hydrogens is 431 g/mol. The number of amides is 1. The average molecular weight is 451 g/mol. The molecule has 0 saturated carbocycles. The number of rotatable bonds is 6. The molecule has 31 heavy (non-hydrogen) atoms. The molecule has 1 aromatic heterocycles. The SMILES string of the molecule is O=C(CCc1ccccc1)NC(c1ccccc1Cl)c1cc(Cl)c2cccnc2c1O. The average Bonchev–Trinajstić information content (AvgIpc) is 2.80. The van der Waals surface area contributed by atoms with Crippen LogP contribution in [-0.2, 0) is 11.2 Å². The van der Waals surface area contributed by atoms with Crippen LogP contribution in [0.4, 0.5) is 0 Å². The number of pyridine rings is 1. The van der Waals surface area contributed by atoms with E-state index in [-0.39, 0.29) is 11.7 Å². The lowest BCUT2D eigenvalue weighted by Crippen LogP contribution is -2.30. The second-order valence-electron chi connectivity index (χ2n) is 7.20. The summed E-state index contributed by atoms with van der Waals surface area (Å²) in [4.78, 5) is 17.1. The zero-order valence-electron chi connectivity index (χ0n) is 16.6. The van der Waals surface area contributed by atoms with Gasteiger partial charge in [0.1, 0.15) is 11.3 Å². The molecule has 3 aromatic carbocycles. The van der Waals surface area contributed by atoms with Crippen molar-refractivity contribution in [2.75, 3.05) is 0 Å². The molecule has 0 aliphatic rings. The van der Waals surface area contributed by atoms with Gasteiger partial charge in [0, 0.05) is 28.6 Å². The van der Waals surface area contributed by atoms with Crippen molar-refractivity contribution in [2.45, 2.75) is 18.9 Å². The Bertz CT molecular complexity index is 1230. The lowest BCUT2D eigenvalue weighted by Gasteiger charge is -2.23. The Balaban J connectivity index is 1.71. The maximum atomic E-state index is 12.9. The largest absolute Gasteiger partial charge is 0.505 e. The number of carbonyl (C=O) groups excluding carboxylic acids is 1. The fourth-order valence-corrected chi connectivity index (χ4v) is 4.11. The van der Waals surface area contributed by atoms with Crippen molar-refractivity contribution >= 4 is 40.0 Å². The van der Waals surface area contributed by atoms with Gasteiger partial charge in [-0.05, 0) is 41.8 Å². The number of aromatic nitrogens is 1. The predicted molar refractivity (Wildman–Crippen MR) is 125 cm³/mol. The highest BCUT2D eigenvalue weighted by Crippen LogP contribution is 2.39. The van der Waals surface area contributed by atoms with Gasteiger partial charge in [0.2, 0.25) is 5.91 Å². The smallest absolute Gasteiger partial charge is 0.221 e. The van der Waals surface area contributed by atoms with E-state index in [0.29, 0.717) is 44.9 Å². The fraction of sp³-hybridized carbons (Fsp3) is 0.120. The van der Waals surface area contributed by atoms with Gasteiger partial charge in [0.25, 0.3) is 0 Å². The minimum atomic E-state index is -0.680. The predicted octanol–water partition coefficient (Wildman–Crippen LogP) is 6.09. The number of hydrogen-bond donors (Lipinski definition) is 2. The number of carbonyl (C=O) groups is 1. The second-order valence-corrected chi connectivity index (χ2v) is 8.02. The highest BCUT2D eigenvalue weighted by Gasteiger charge is 2.24. The van der Waals surface area contributed by atoms with Crippen LogP contribution in [0.5, 0.6) is 5.75 Å². The second kappa shape index (κ2) is 9.38. The van der Waals surface area contributed by atoms with Crippen LogP contribution in [-0.4, -0.2) is 16.0 Å². The molecule has 0 radical (unpaired) electrons. The molecule has 0 saturated heterocycles. The van der Waals surface area contributed by atoms with Crippen molar-refractivity contribution in [1.82, 2.24) is 10.3 Å². The summed E-state index contributed by atoms with van der Waals surface area (Å²) < 4.78 is 0. The summed E-state index contributed by atoms with van der Waals surface area (Å²) in [7, 11) is 0. The highest BCUT2D eigenvalue weighted by atomic mass is 35.5. The molecule has 1 heterocycles. The van der Waals surface area contributed by atoms with Crippen LogP contribution in [0.15, 0.2) is 79.0 Å². The number of halogens is 2. The van der Waals surface area contributed by atoms with Gasteiger partial charge in [-0.2, -0.15) is 0 Å². The van der Waals surface area contributed by atoms with Crippen LogP contribution in [0.25, 0.3) is 10.9 Å². The van der Waals surface area contributed by atoms with E-state index in [1.165, 1.54) is 0 Å². The van der Waals surface area contributed by atoms with E-state index >= 15 is 0 Å². The van der Waals surface area contributed by atoms with Crippen molar-refractivity contribution in [3.05, 3.63) is 106 Å². The van der Waals surface area contributed by atoms with Crippen LogP contribution < -0.4 is 5.32 Å². The molecule has 0 bridgehead atoms. The first-order valence-electron chi connectivity index (χ1n) is 9.88. The van der Waals surface area contributed by atoms with Gasteiger partial charge in [-0.25, -0.2) is 0 Å². The Kier molecular flexibility index (Phi) is 6.40. The minimum absolute atomic E-state index is 0.0340. The summed E-state index contributed by atoms with van der Waals surface area (Å²) >= 11 is 12.9. The Morgan fingerprint density at radius 3 is 2.45 bits per heavy atom. The van der Waals surface area contributed by atoms with E-state index in [1.54, 1.807) is 30.5 Å². The van der Waals surface area contributed by atoms with Crippen molar-refractivity contribution in [2.24, 2.45) is 0 Å². The summed E-state index contributed by atoms with van der Waals surface area (Å²) in [6.45, 7) is 0. The van der Waals surface area contributed by atoms with E-state index in [2.05, 4.69) is 10.3 Å². The molecule has 0 fully saturated rings. The van der Waals surface area contributed by atoms with Gasteiger partial charge >= 0.3 is 0 Å². The van der Waals surface area contributed by atoms with E-state index in [9.17, 15) is 9.90 Å². The number of aromatic hydroxyl groups is 1. The number of nitrogens with one attached hydrogen (secondary N) is 1. The molecule has 4 nitrogen and oxygen atoms in total. The number of phenolic OH excluding ortho intramolecular Hbond substituents is 1. The summed E-state index contributed by atoms with van der Waals surface area (Å²) in [5.41, 5.74) is 2.56. The molecule has 4 aromatic rings. The molecule has 0 spiro atoms. The molecule has 1 atom stereocenters. The quantitative estimate of drug-likeness (QED) is 0.373. The molecule has 1 unspecified atom stereocenters. The van der Waals surface area contributed by atoms with Gasteiger partial charge < -0.3 is 10.4 Å². The fourth-order valence-electron chi connectivity index (χ4n) is 3.59. The van der Waals surface area contributed by atoms with Crippen molar-refractivity contribution < 1.29 is 9.90 Å². The van der Waals surface area contributed by atoms with Crippen LogP contribution >= 0.6 is 23.2 Å². The monoisotopic (exact) mass is 450 g/mol. The molecule has 4 rings (SSSR count). The number of fused-ring (bicyclic) bond motifs is 1. The van der Waals surface area contributed by atoms with Gasteiger partial charge in [-0.1, -0.05) is 71.7 Å². The number of phenols is 1. The zero-order chi connectivity index (χ0) is 21.8. The van der Waals surface area contributed by atoms with Crippen molar-refractivity contribution in [1.29, 1.82) is 0 Å². The van der Waals surface area contributed by atoms with E-state index in [0.717, 1.165) is 5.56 Å². The third-order valence-corrected chi connectivity index (χ3v) is 5.82.